The third-order valence-electron chi connectivity index (χ3n) is 4.85. The highest BCUT2D eigenvalue weighted by atomic mass is 16.5. The van der Waals surface area contributed by atoms with Crippen molar-refractivity contribution in [1.82, 2.24) is 20.9 Å². The molecule has 3 N–H and O–H groups in total. The van der Waals surface area contributed by atoms with Crippen LogP contribution in [0, 0.1) is 5.92 Å². The minimum absolute atomic E-state index is 0.0743. The molecule has 26 heavy (non-hydrogen) atoms. The number of nitrogens with one attached hydrogen (secondary N) is 3. The van der Waals surface area contributed by atoms with Crippen LogP contribution in [-0.2, 0) is 14.3 Å². The summed E-state index contributed by atoms with van der Waals surface area (Å²) in [6.45, 7) is 10.0. The number of guanidine groups is 1. The Bertz CT molecular complexity index is 410. The molecule has 0 aromatic rings. The second-order valence-electron chi connectivity index (χ2n) is 6.44. The Morgan fingerprint density at radius 3 is 2.46 bits per heavy atom. The third kappa shape index (κ3) is 8.33. The molecule has 0 saturated carbocycles. The number of aliphatic imine (C=N–C) groups is 1. The molecule has 1 saturated heterocycles. The molecule has 8 heteroatoms. The first-order valence-electron chi connectivity index (χ1n) is 9.68. The molecule has 1 fully saturated rings. The van der Waals surface area contributed by atoms with Crippen molar-refractivity contribution >= 4 is 11.9 Å². The molecule has 152 valence electrons. The van der Waals surface area contributed by atoms with Gasteiger partial charge in [-0.3, -0.25) is 14.7 Å². The van der Waals surface area contributed by atoms with Crippen LogP contribution in [0.4, 0.5) is 0 Å². The molecule has 0 spiro atoms. The van der Waals surface area contributed by atoms with E-state index in [0.717, 1.165) is 45.7 Å². The smallest absolute Gasteiger partial charge is 0.239 e. The second kappa shape index (κ2) is 13.8. The lowest BCUT2D eigenvalue weighted by Gasteiger charge is -2.39. The fraction of sp³-hybridized carbons (Fsp3) is 0.889. The first-order chi connectivity index (χ1) is 12.7. The molecule has 1 rings (SSSR count). The summed E-state index contributed by atoms with van der Waals surface area (Å²) in [6.07, 6.45) is 2.29. The van der Waals surface area contributed by atoms with Gasteiger partial charge in [0, 0.05) is 46.4 Å². The molecule has 1 aliphatic heterocycles. The summed E-state index contributed by atoms with van der Waals surface area (Å²) in [4.78, 5) is 18.5. The minimum Gasteiger partial charge on any atom is -0.383 e. The fourth-order valence-corrected chi connectivity index (χ4v) is 3.28. The summed E-state index contributed by atoms with van der Waals surface area (Å²) >= 11 is 0. The zero-order chi connectivity index (χ0) is 19.2. The van der Waals surface area contributed by atoms with Crippen molar-refractivity contribution in [2.75, 3.05) is 66.7 Å². The number of morpholine rings is 1. The fourth-order valence-electron chi connectivity index (χ4n) is 3.28. The molecule has 8 nitrogen and oxygen atoms in total. The maximum atomic E-state index is 11.8. The summed E-state index contributed by atoms with van der Waals surface area (Å²) in [7, 11) is 3.33. The molecule has 1 atom stereocenters. The van der Waals surface area contributed by atoms with Gasteiger partial charge in [0.2, 0.25) is 5.91 Å². The van der Waals surface area contributed by atoms with E-state index in [-0.39, 0.29) is 12.5 Å². The van der Waals surface area contributed by atoms with Crippen LogP contribution in [0.5, 0.6) is 0 Å². The van der Waals surface area contributed by atoms with E-state index in [4.69, 9.17) is 9.47 Å². The normalized spacial score (nSPS) is 17.2. The molecule has 0 bridgehead atoms. The van der Waals surface area contributed by atoms with Crippen molar-refractivity contribution in [1.29, 1.82) is 0 Å². The highest BCUT2D eigenvalue weighted by Crippen LogP contribution is 2.19. The van der Waals surface area contributed by atoms with Gasteiger partial charge in [-0.15, -0.1) is 0 Å². The van der Waals surface area contributed by atoms with Gasteiger partial charge in [-0.1, -0.05) is 26.7 Å². The molecular formula is C18H37N5O3. The van der Waals surface area contributed by atoms with E-state index in [9.17, 15) is 4.79 Å². The number of ether oxygens (including phenoxy) is 2. The van der Waals surface area contributed by atoms with E-state index in [2.05, 4.69) is 39.7 Å². The first-order valence-corrected chi connectivity index (χ1v) is 9.68. The number of hydrogen-bond acceptors (Lipinski definition) is 5. The van der Waals surface area contributed by atoms with E-state index in [1.54, 1.807) is 14.2 Å². The number of amides is 1. The molecule has 1 amide bonds. The molecule has 1 aliphatic rings. The number of hydrogen-bond donors (Lipinski definition) is 3. The SMILES string of the molecule is CCC(CC)C(CNC(=NC)NCC(=O)NCCOC)N1CCOCC1. The Morgan fingerprint density at radius 2 is 1.88 bits per heavy atom. The lowest BCUT2D eigenvalue weighted by Crippen LogP contribution is -2.54. The van der Waals surface area contributed by atoms with Gasteiger partial charge < -0.3 is 25.4 Å². The van der Waals surface area contributed by atoms with Crippen LogP contribution in [0.15, 0.2) is 4.99 Å². The van der Waals surface area contributed by atoms with Crippen molar-refractivity contribution in [2.24, 2.45) is 10.9 Å². The Balaban J connectivity index is 2.49. The predicted molar refractivity (Wildman–Crippen MR) is 105 cm³/mol. The number of rotatable bonds is 11. The van der Waals surface area contributed by atoms with Crippen LogP contribution < -0.4 is 16.0 Å². The lowest BCUT2D eigenvalue weighted by molar-refractivity contribution is -0.120. The van der Waals surface area contributed by atoms with Gasteiger partial charge in [0.05, 0.1) is 26.4 Å². The maximum Gasteiger partial charge on any atom is 0.239 e. The second-order valence-corrected chi connectivity index (χ2v) is 6.44. The summed E-state index contributed by atoms with van der Waals surface area (Å²) in [5.74, 6) is 1.20. The first kappa shape index (κ1) is 22.7. The van der Waals surface area contributed by atoms with Crippen LogP contribution in [0.2, 0.25) is 0 Å². The van der Waals surface area contributed by atoms with Crippen LogP contribution in [-0.4, -0.2) is 89.5 Å². The van der Waals surface area contributed by atoms with Crippen LogP contribution in [0.1, 0.15) is 26.7 Å². The minimum atomic E-state index is -0.0743. The number of methoxy groups -OCH3 is 1. The third-order valence-corrected chi connectivity index (χ3v) is 4.85. The van der Waals surface area contributed by atoms with Gasteiger partial charge in [-0.25, -0.2) is 0 Å². The van der Waals surface area contributed by atoms with Gasteiger partial charge >= 0.3 is 0 Å². The molecule has 0 radical (unpaired) electrons. The number of nitrogens with zero attached hydrogens (tertiary/aromatic N) is 2. The Hall–Kier alpha value is -1.38. The predicted octanol–water partition coefficient (Wildman–Crippen LogP) is 0.0510. The summed E-state index contributed by atoms with van der Waals surface area (Å²) < 4.78 is 10.4. The molecule has 1 heterocycles. The van der Waals surface area contributed by atoms with Crippen molar-refractivity contribution in [3.63, 3.8) is 0 Å². The van der Waals surface area contributed by atoms with Gasteiger partial charge in [-0.05, 0) is 5.92 Å². The summed E-state index contributed by atoms with van der Waals surface area (Å²) in [6, 6.07) is 0.433. The average Bonchev–Trinajstić information content (AvgIpc) is 2.68. The van der Waals surface area contributed by atoms with Crippen molar-refractivity contribution in [3.05, 3.63) is 0 Å². The van der Waals surface area contributed by atoms with Crippen LogP contribution >= 0.6 is 0 Å². The van der Waals surface area contributed by atoms with Gasteiger partial charge in [0.25, 0.3) is 0 Å². The molecular weight excluding hydrogens is 334 g/mol. The maximum absolute atomic E-state index is 11.8. The highest BCUT2D eigenvalue weighted by Gasteiger charge is 2.27. The Kier molecular flexibility index (Phi) is 12.0. The van der Waals surface area contributed by atoms with Crippen molar-refractivity contribution in [2.45, 2.75) is 32.7 Å². The standard InChI is InChI=1S/C18H37N5O3/c1-5-15(6-2)16(23-8-11-26-12-9-23)13-21-18(19-3)22-14-17(24)20-7-10-25-4/h15-16H,5-14H2,1-4H3,(H,20,24)(H2,19,21,22). The largest absolute Gasteiger partial charge is 0.383 e. The molecule has 0 aromatic heterocycles. The van der Waals surface area contributed by atoms with Crippen LogP contribution in [0.25, 0.3) is 0 Å². The Labute approximate surface area is 158 Å². The zero-order valence-electron chi connectivity index (χ0n) is 16.8. The highest BCUT2D eigenvalue weighted by molar-refractivity contribution is 5.86. The van der Waals surface area contributed by atoms with E-state index in [0.29, 0.717) is 31.1 Å². The van der Waals surface area contributed by atoms with Gasteiger partial charge in [-0.2, -0.15) is 0 Å². The quantitative estimate of drug-likeness (QED) is 0.270. The van der Waals surface area contributed by atoms with Gasteiger partial charge in [0.1, 0.15) is 0 Å². The van der Waals surface area contributed by atoms with Crippen molar-refractivity contribution in [3.8, 4) is 0 Å². The number of carbonyl (C=O) groups is 1. The summed E-state index contributed by atoms with van der Waals surface area (Å²) in [5, 5.41) is 9.25. The monoisotopic (exact) mass is 371 g/mol. The van der Waals surface area contributed by atoms with Crippen molar-refractivity contribution < 1.29 is 14.3 Å². The van der Waals surface area contributed by atoms with Gasteiger partial charge in [0.15, 0.2) is 5.96 Å². The lowest BCUT2D eigenvalue weighted by atomic mass is 9.92. The topological polar surface area (TPSA) is 87.2 Å². The van der Waals surface area contributed by atoms with E-state index < -0.39 is 0 Å². The van der Waals surface area contributed by atoms with Crippen LogP contribution in [0.3, 0.4) is 0 Å². The molecule has 1 unspecified atom stereocenters. The average molecular weight is 372 g/mol. The van der Waals surface area contributed by atoms with E-state index >= 15 is 0 Å². The van der Waals surface area contributed by atoms with E-state index in [1.165, 1.54) is 0 Å². The zero-order valence-corrected chi connectivity index (χ0v) is 16.8. The number of carbonyl (C=O) groups excluding carboxylic acids is 1. The molecule has 0 aromatic carbocycles. The van der Waals surface area contributed by atoms with E-state index in [1.807, 2.05) is 0 Å². The summed E-state index contributed by atoms with van der Waals surface area (Å²) in [5.41, 5.74) is 0. The molecule has 0 aliphatic carbocycles. The Morgan fingerprint density at radius 1 is 1.19 bits per heavy atom.